The predicted octanol–water partition coefficient (Wildman–Crippen LogP) is 2.86. The number of nitrogens with zero attached hydrogens (tertiary/aromatic N) is 5. The summed E-state index contributed by atoms with van der Waals surface area (Å²) in [5.41, 5.74) is 2.66. The molecule has 0 bridgehead atoms. The van der Waals surface area contributed by atoms with Gasteiger partial charge in [-0.25, -0.2) is 9.98 Å². The highest BCUT2D eigenvalue weighted by Gasteiger charge is 2.25. The highest BCUT2D eigenvalue weighted by atomic mass is 15.3. The molecule has 0 amide bonds. The maximum absolute atomic E-state index is 4.98. The highest BCUT2D eigenvalue weighted by Crippen LogP contribution is 2.21. The fourth-order valence-electron chi connectivity index (χ4n) is 4.50. The molecule has 2 aromatic rings. The minimum atomic E-state index is 0.686. The summed E-state index contributed by atoms with van der Waals surface area (Å²) in [5, 5.41) is 3.51. The number of likely N-dealkylation sites (N-methyl/N-ethyl adjacent to an activating group) is 1. The summed E-state index contributed by atoms with van der Waals surface area (Å²) in [6.45, 7) is 10.1. The van der Waals surface area contributed by atoms with Gasteiger partial charge in [-0.3, -0.25) is 0 Å². The minimum Gasteiger partial charge on any atom is -0.357 e. The molecule has 3 heterocycles. The van der Waals surface area contributed by atoms with Gasteiger partial charge < -0.3 is 20.0 Å². The molecule has 166 valence electrons. The molecule has 2 saturated heterocycles. The molecule has 6 nitrogen and oxygen atoms in total. The molecule has 2 fully saturated rings. The molecule has 0 spiro atoms. The molecular weight excluding hydrogens is 384 g/mol. The zero-order valence-corrected chi connectivity index (χ0v) is 19.0. The van der Waals surface area contributed by atoms with Crippen molar-refractivity contribution < 1.29 is 0 Å². The maximum atomic E-state index is 4.98. The van der Waals surface area contributed by atoms with Crippen molar-refractivity contribution in [2.45, 2.75) is 26.3 Å². The number of piperazine rings is 1. The van der Waals surface area contributed by atoms with Crippen molar-refractivity contribution in [2.24, 2.45) is 10.9 Å². The molecule has 6 heteroatoms. The SMILES string of the molecule is CCNC(=NCc1ccnc(N2CCN(C)CC2)c1)N1CCC(Cc2ccccc2)C1. The third kappa shape index (κ3) is 5.97. The lowest BCUT2D eigenvalue weighted by Crippen LogP contribution is -2.44. The van der Waals surface area contributed by atoms with Crippen LogP contribution in [-0.4, -0.2) is 73.6 Å². The van der Waals surface area contributed by atoms with E-state index < -0.39 is 0 Å². The molecule has 1 aromatic carbocycles. The standard InChI is InChI=1S/C25H36N6/c1-3-26-25(31-12-10-23(20-31)17-21-7-5-4-6-8-21)28-19-22-9-11-27-24(18-22)30-15-13-29(2)14-16-30/h4-9,11,18,23H,3,10,12-17,19-20H2,1-2H3,(H,26,28). The first-order valence-corrected chi connectivity index (χ1v) is 11.7. The Hall–Kier alpha value is -2.60. The van der Waals surface area contributed by atoms with E-state index in [0.717, 1.165) is 64.0 Å². The van der Waals surface area contributed by atoms with E-state index in [0.29, 0.717) is 12.5 Å². The number of aromatic nitrogens is 1. The van der Waals surface area contributed by atoms with Crippen molar-refractivity contribution in [1.82, 2.24) is 20.1 Å². The number of anilines is 1. The van der Waals surface area contributed by atoms with E-state index in [2.05, 4.69) is 81.4 Å². The molecule has 1 aromatic heterocycles. The van der Waals surface area contributed by atoms with Crippen LogP contribution in [0.1, 0.15) is 24.5 Å². The Morgan fingerprint density at radius 3 is 2.65 bits per heavy atom. The number of benzene rings is 1. The molecule has 2 aliphatic rings. The van der Waals surface area contributed by atoms with E-state index in [-0.39, 0.29) is 0 Å². The van der Waals surface area contributed by atoms with Crippen LogP contribution in [-0.2, 0) is 13.0 Å². The van der Waals surface area contributed by atoms with Crippen LogP contribution in [0.5, 0.6) is 0 Å². The number of likely N-dealkylation sites (tertiary alicyclic amines) is 1. The quantitative estimate of drug-likeness (QED) is 0.575. The Kier molecular flexibility index (Phi) is 7.41. The van der Waals surface area contributed by atoms with Crippen LogP contribution in [0.3, 0.4) is 0 Å². The molecule has 0 radical (unpaired) electrons. The van der Waals surface area contributed by atoms with Gasteiger partial charge in [-0.05, 0) is 56.0 Å². The lowest BCUT2D eigenvalue weighted by atomic mass is 9.99. The van der Waals surface area contributed by atoms with Crippen molar-refractivity contribution in [3.05, 3.63) is 59.8 Å². The third-order valence-electron chi connectivity index (χ3n) is 6.34. The third-order valence-corrected chi connectivity index (χ3v) is 6.34. The summed E-state index contributed by atoms with van der Waals surface area (Å²) in [6, 6.07) is 15.1. The first-order valence-electron chi connectivity index (χ1n) is 11.7. The zero-order chi connectivity index (χ0) is 21.5. The Labute approximate surface area is 187 Å². The topological polar surface area (TPSA) is 47.0 Å². The van der Waals surface area contributed by atoms with Gasteiger partial charge in [0.15, 0.2) is 5.96 Å². The Morgan fingerprint density at radius 2 is 1.87 bits per heavy atom. The number of aliphatic imine (C=N–C) groups is 1. The first kappa shape index (κ1) is 21.6. The number of hydrogen-bond donors (Lipinski definition) is 1. The number of hydrogen-bond acceptors (Lipinski definition) is 4. The van der Waals surface area contributed by atoms with Crippen molar-refractivity contribution in [2.75, 3.05) is 57.8 Å². The summed E-state index contributed by atoms with van der Waals surface area (Å²) < 4.78 is 0. The highest BCUT2D eigenvalue weighted by molar-refractivity contribution is 5.80. The number of pyridine rings is 1. The zero-order valence-electron chi connectivity index (χ0n) is 19.0. The fourth-order valence-corrected chi connectivity index (χ4v) is 4.50. The number of rotatable bonds is 6. The molecule has 4 rings (SSSR count). The fraction of sp³-hybridized carbons (Fsp3) is 0.520. The van der Waals surface area contributed by atoms with Crippen molar-refractivity contribution in [1.29, 1.82) is 0 Å². The van der Waals surface area contributed by atoms with E-state index in [9.17, 15) is 0 Å². The summed E-state index contributed by atoms with van der Waals surface area (Å²) in [6.07, 6.45) is 4.30. The second-order valence-electron chi connectivity index (χ2n) is 8.77. The summed E-state index contributed by atoms with van der Waals surface area (Å²) in [7, 11) is 2.18. The van der Waals surface area contributed by atoms with Gasteiger partial charge in [-0.1, -0.05) is 30.3 Å². The second kappa shape index (κ2) is 10.6. The van der Waals surface area contributed by atoms with E-state index >= 15 is 0 Å². The van der Waals surface area contributed by atoms with Crippen molar-refractivity contribution >= 4 is 11.8 Å². The normalized spacial score (nSPS) is 20.3. The van der Waals surface area contributed by atoms with Crippen LogP contribution in [0.15, 0.2) is 53.7 Å². The lowest BCUT2D eigenvalue weighted by Gasteiger charge is -2.33. The average molecular weight is 421 g/mol. The summed E-state index contributed by atoms with van der Waals surface area (Å²) >= 11 is 0. The van der Waals surface area contributed by atoms with E-state index in [4.69, 9.17) is 4.99 Å². The van der Waals surface area contributed by atoms with E-state index in [1.54, 1.807) is 0 Å². The van der Waals surface area contributed by atoms with Gasteiger partial charge in [-0.15, -0.1) is 0 Å². The average Bonchev–Trinajstić information content (AvgIpc) is 3.26. The Bertz CT molecular complexity index is 844. The van der Waals surface area contributed by atoms with Gasteiger partial charge in [0.2, 0.25) is 0 Å². The number of guanidine groups is 1. The first-order chi connectivity index (χ1) is 15.2. The van der Waals surface area contributed by atoms with E-state index in [1.807, 2.05) is 6.20 Å². The van der Waals surface area contributed by atoms with Crippen LogP contribution in [0, 0.1) is 5.92 Å². The molecule has 1 atom stereocenters. The Balaban J connectivity index is 1.37. The smallest absolute Gasteiger partial charge is 0.194 e. The largest absolute Gasteiger partial charge is 0.357 e. The van der Waals surface area contributed by atoms with Crippen molar-refractivity contribution in [3.8, 4) is 0 Å². The van der Waals surface area contributed by atoms with Gasteiger partial charge in [0.05, 0.1) is 6.54 Å². The molecule has 31 heavy (non-hydrogen) atoms. The molecule has 2 aliphatic heterocycles. The Morgan fingerprint density at radius 1 is 1.06 bits per heavy atom. The van der Waals surface area contributed by atoms with Gasteiger partial charge in [-0.2, -0.15) is 0 Å². The molecule has 1 unspecified atom stereocenters. The van der Waals surface area contributed by atoms with Gasteiger partial charge in [0.25, 0.3) is 0 Å². The van der Waals surface area contributed by atoms with Gasteiger partial charge in [0, 0.05) is 52.0 Å². The second-order valence-corrected chi connectivity index (χ2v) is 8.77. The maximum Gasteiger partial charge on any atom is 0.194 e. The molecule has 1 N–H and O–H groups in total. The van der Waals surface area contributed by atoms with Gasteiger partial charge >= 0.3 is 0 Å². The summed E-state index contributed by atoms with van der Waals surface area (Å²) in [4.78, 5) is 16.8. The van der Waals surface area contributed by atoms with Gasteiger partial charge in [0.1, 0.15) is 5.82 Å². The number of nitrogens with one attached hydrogen (secondary N) is 1. The van der Waals surface area contributed by atoms with E-state index in [1.165, 1.54) is 17.5 Å². The molecule has 0 saturated carbocycles. The minimum absolute atomic E-state index is 0.686. The lowest BCUT2D eigenvalue weighted by molar-refractivity contribution is 0.312. The van der Waals surface area contributed by atoms with Crippen LogP contribution in [0.4, 0.5) is 5.82 Å². The van der Waals surface area contributed by atoms with Crippen LogP contribution in [0.25, 0.3) is 0 Å². The predicted molar refractivity (Wildman–Crippen MR) is 129 cm³/mol. The monoisotopic (exact) mass is 420 g/mol. The van der Waals surface area contributed by atoms with Crippen LogP contribution < -0.4 is 10.2 Å². The van der Waals surface area contributed by atoms with Crippen LogP contribution in [0.2, 0.25) is 0 Å². The van der Waals surface area contributed by atoms with Crippen LogP contribution >= 0.6 is 0 Å². The van der Waals surface area contributed by atoms with Crippen molar-refractivity contribution in [3.63, 3.8) is 0 Å². The summed E-state index contributed by atoms with van der Waals surface area (Å²) in [5.74, 6) is 2.81. The molecule has 0 aliphatic carbocycles. The molecular formula is C25H36N6.